The molecular weight excluding hydrogens is 460 g/mol. The summed E-state index contributed by atoms with van der Waals surface area (Å²) in [5, 5.41) is 5.93. The summed E-state index contributed by atoms with van der Waals surface area (Å²) < 4.78 is 17.6. The molecule has 4 rings (SSSR count). The molecule has 10 heteroatoms. The molecule has 2 heterocycles. The van der Waals surface area contributed by atoms with Crippen molar-refractivity contribution in [2.45, 2.75) is 6.61 Å². The smallest absolute Gasteiger partial charge is 0.323 e. The molecule has 0 aliphatic rings. The summed E-state index contributed by atoms with van der Waals surface area (Å²) in [4.78, 5) is 29.2. The van der Waals surface area contributed by atoms with Crippen LogP contribution in [0.2, 0.25) is 5.02 Å². The number of anilines is 2. The number of carbonyl (C=O) groups excluding carboxylic acids is 1. The molecule has 0 unspecified atom stereocenters. The summed E-state index contributed by atoms with van der Waals surface area (Å²) in [6, 6.07) is 16.2. The summed E-state index contributed by atoms with van der Waals surface area (Å²) in [5.74, 6) is 1.57. The number of nitrogens with one attached hydrogen (secondary N) is 2. The second-order valence-corrected chi connectivity index (χ2v) is 7.56. The standard InChI is InChI=1S/C24H21ClN4O5/c1-32-18-7-8-20(21(12-18)33-2)28-24(31)27-16-4-3-5-19(10-16)34-14-17-11-23(30)29-13-15(25)6-9-22(29)26-17/h3-13H,14H2,1-2H3,(H2,27,28,31). The average Bonchev–Trinajstić information content (AvgIpc) is 2.83. The highest BCUT2D eigenvalue weighted by atomic mass is 35.5. The van der Waals surface area contributed by atoms with Crippen LogP contribution in [0.3, 0.4) is 0 Å². The quantitative estimate of drug-likeness (QED) is 0.401. The lowest BCUT2D eigenvalue weighted by molar-refractivity contribution is 0.262. The van der Waals surface area contributed by atoms with Crippen molar-refractivity contribution in [3.8, 4) is 17.2 Å². The summed E-state index contributed by atoms with van der Waals surface area (Å²) in [7, 11) is 3.06. The number of ether oxygens (including phenoxy) is 3. The minimum atomic E-state index is -0.455. The molecule has 0 spiro atoms. The van der Waals surface area contributed by atoms with Gasteiger partial charge in [-0.1, -0.05) is 17.7 Å². The number of hydrogen-bond acceptors (Lipinski definition) is 6. The molecule has 2 N–H and O–H groups in total. The number of aromatic nitrogens is 2. The van der Waals surface area contributed by atoms with Crippen LogP contribution in [0.15, 0.2) is 71.7 Å². The molecule has 0 atom stereocenters. The minimum Gasteiger partial charge on any atom is -0.497 e. The van der Waals surface area contributed by atoms with E-state index in [4.69, 9.17) is 25.8 Å². The molecule has 4 aromatic rings. The van der Waals surface area contributed by atoms with Crippen molar-refractivity contribution >= 4 is 34.7 Å². The summed E-state index contributed by atoms with van der Waals surface area (Å²) in [5.41, 5.74) is 1.69. The fourth-order valence-corrected chi connectivity index (χ4v) is 3.37. The molecule has 2 aromatic carbocycles. The molecule has 174 valence electrons. The van der Waals surface area contributed by atoms with Crippen LogP contribution >= 0.6 is 11.6 Å². The van der Waals surface area contributed by atoms with Gasteiger partial charge in [-0.2, -0.15) is 0 Å². The van der Waals surface area contributed by atoms with Crippen LogP contribution in [0.5, 0.6) is 17.2 Å². The van der Waals surface area contributed by atoms with E-state index in [0.29, 0.717) is 45.0 Å². The van der Waals surface area contributed by atoms with Crippen molar-refractivity contribution in [2.24, 2.45) is 0 Å². The van der Waals surface area contributed by atoms with Crippen LogP contribution in [0.1, 0.15) is 5.69 Å². The van der Waals surface area contributed by atoms with Gasteiger partial charge < -0.3 is 24.8 Å². The number of rotatable bonds is 7. The minimum absolute atomic E-state index is 0.0765. The van der Waals surface area contributed by atoms with E-state index in [1.807, 2.05) is 0 Å². The molecule has 0 aliphatic carbocycles. The zero-order chi connectivity index (χ0) is 24.1. The topological polar surface area (TPSA) is 103 Å². The van der Waals surface area contributed by atoms with Gasteiger partial charge in [0.25, 0.3) is 5.56 Å². The maximum absolute atomic E-state index is 12.5. The fourth-order valence-electron chi connectivity index (χ4n) is 3.21. The van der Waals surface area contributed by atoms with Gasteiger partial charge >= 0.3 is 6.03 Å². The van der Waals surface area contributed by atoms with Gasteiger partial charge in [0.05, 0.1) is 30.6 Å². The van der Waals surface area contributed by atoms with Gasteiger partial charge in [0.1, 0.15) is 29.5 Å². The van der Waals surface area contributed by atoms with Gasteiger partial charge in [-0.05, 0) is 36.4 Å². The number of amides is 2. The predicted octanol–water partition coefficient (Wildman–Crippen LogP) is 4.59. The Morgan fingerprint density at radius 3 is 2.65 bits per heavy atom. The first-order chi connectivity index (χ1) is 16.4. The van der Waals surface area contributed by atoms with Crippen molar-refractivity contribution in [3.63, 3.8) is 0 Å². The Balaban J connectivity index is 1.41. The fraction of sp³-hybridized carbons (Fsp3) is 0.125. The van der Waals surface area contributed by atoms with E-state index in [-0.39, 0.29) is 12.2 Å². The zero-order valence-corrected chi connectivity index (χ0v) is 19.1. The van der Waals surface area contributed by atoms with Crippen molar-refractivity contribution in [2.75, 3.05) is 24.9 Å². The molecular formula is C24H21ClN4O5. The number of benzene rings is 2. The van der Waals surface area contributed by atoms with Crippen LogP contribution in [-0.2, 0) is 6.61 Å². The van der Waals surface area contributed by atoms with E-state index in [1.165, 1.54) is 23.8 Å². The monoisotopic (exact) mass is 480 g/mol. The van der Waals surface area contributed by atoms with E-state index in [9.17, 15) is 9.59 Å². The molecule has 0 aliphatic heterocycles. The number of pyridine rings is 1. The Hall–Kier alpha value is -4.24. The van der Waals surface area contributed by atoms with E-state index >= 15 is 0 Å². The van der Waals surface area contributed by atoms with Crippen LogP contribution in [0, 0.1) is 0 Å². The third-order valence-electron chi connectivity index (χ3n) is 4.81. The predicted molar refractivity (Wildman–Crippen MR) is 129 cm³/mol. The van der Waals surface area contributed by atoms with Gasteiger partial charge in [-0.25, -0.2) is 9.78 Å². The van der Waals surface area contributed by atoms with Crippen LogP contribution < -0.4 is 30.4 Å². The number of carbonyl (C=O) groups is 1. The van der Waals surface area contributed by atoms with Gasteiger partial charge in [0.2, 0.25) is 0 Å². The first-order valence-electron chi connectivity index (χ1n) is 10.2. The van der Waals surface area contributed by atoms with E-state index in [2.05, 4.69) is 15.6 Å². The van der Waals surface area contributed by atoms with Crippen molar-refractivity contribution < 1.29 is 19.0 Å². The van der Waals surface area contributed by atoms with E-state index in [0.717, 1.165) is 0 Å². The Labute approximate surface area is 199 Å². The Morgan fingerprint density at radius 2 is 1.85 bits per heavy atom. The number of fused-ring (bicyclic) bond motifs is 1. The largest absolute Gasteiger partial charge is 0.497 e. The number of halogens is 1. The van der Waals surface area contributed by atoms with Crippen LogP contribution in [0.4, 0.5) is 16.2 Å². The van der Waals surface area contributed by atoms with Gasteiger partial charge in [-0.3, -0.25) is 9.20 Å². The third kappa shape index (κ3) is 5.38. The average molecular weight is 481 g/mol. The van der Waals surface area contributed by atoms with Gasteiger partial charge in [0.15, 0.2) is 0 Å². The summed E-state index contributed by atoms with van der Waals surface area (Å²) in [6.07, 6.45) is 1.51. The van der Waals surface area contributed by atoms with Crippen molar-refractivity contribution in [1.29, 1.82) is 0 Å². The number of nitrogens with zero attached hydrogens (tertiary/aromatic N) is 2. The van der Waals surface area contributed by atoms with E-state index in [1.54, 1.807) is 61.7 Å². The molecule has 9 nitrogen and oxygen atoms in total. The van der Waals surface area contributed by atoms with Crippen molar-refractivity contribution in [3.05, 3.63) is 87.9 Å². The Bertz CT molecular complexity index is 1410. The van der Waals surface area contributed by atoms with Crippen molar-refractivity contribution in [1.82, 2.24) is 9.38 Å². The first-order valence-corrected chi connectivity index (χ1v) is 10.5. The third-order valence-corrected chi connectivity index (χ3v) is 5.04. The SMILES string of the molecule is COc1ccc(NC(=O)Nc2cccc(OCc3cc(=O)n4cc(Cl)ccc4n3)c2)c(OC)c1. The first kappa shape index (κ1) is 22.9. The number of methoxy groups -OCH3 is 2. The molecule has 0 bridgehead atoms. The molecule has 2 aromatic heterocycles. The van der Waals surface area contributed by atoms with Gasteiger partial charge in [0, 0.05) is 30.1 Å². The number of hydrogen-bond donors (Lipinski definition) is 2. The number of urea groups is 1. The highest BCUT2D eigenvalue weighted by molar-refractivity contribution is 6.30. The highest BCUT2D eigenvalue weighted by Gasteiger charge is 2.10. The zero-order valence-electron chi connectivity index (χ0n) is 18.4. The maximum atomic E-state index is 12.5. The lowest BCUT2D eigenvalue weighted by Gasteiger charge is -2.13. The Morgan fingerprint density at radius 1 is 1.00 bits per heavy atom. The lowest BCUT2D eigenvalue weighted by atomic mass is 10.2. The van der Waals surface area contributed by atoms with Crippen LogP contribution in [-0.4, -0.2) is 29.6 Å². The second kappa shape index (κ2) is 10.1. The highest BCUT2D eigenvalue weighted by Crippen LogP contribution is 2.29. The lowest BCUT2D eigenvalue weighted by Crippen LogP contribution is -2.19. The van der Waals surface area contributed by atoms with Gasteiger partial charge in [-0.15, -0.1) is 0 Å². The summed E-state index contributed by atoms with van der Waals surface area (Å²) in [6.45, 7) is 0.0765. The van der Waals surface area contributed by atoms with E-state index < -0.39 is 6.03 Å². The van der Waals surface area contributed by atoms with Crippen LogP contribution in [0.25, 0.3) is 5.65 Å². The summed E-state index contributed by atoms with van der Waals surface area (Å²) >= 11 is 5.94. The maximum Gasteiger partial charge on any atom is 0.323 e. The second-order valence-electron chi connectivity index (χ2n) is 7.12. The molecule has 34 heavy (non-hydrogen) atoms. The molecule has 0 fully saturated rings. The molecule has 0 saturated heterocycles. The molecule has 0 saturated carbocycles. The molecule has 2 amide bonds. The molecule has 0 radical (unpaired) electrons. The Kier molecular flexibility index (Phi) is 6.84. The normalized spacial score (nSPS) is 10.6.